The summed E-state index contributed by atoms with van der Waals surface area (Å²) in [5, 5.41) is 9.58. The molecular weight excluding hydrogens is 160 g/mol. The first-order valence-electron chi connectivity index (χ1n) is 4.87. The SMILES string of the molecule is C[C@H](O)[C@@]1(C)C[C@@H]1c1ccccc1. The summed E-state index contributed by atoms with van der Waals surface area (Å²) < 4.78 is 0. The Kier molecular flexibility index (Phi) is 1.92. The first-order chi connectivity index (χ1) is 6.14. The van der Waals surface area contributed by atoms with Gasteiger partial charge >= 0.3 is 0 Å². The molecule has 1 aliphatic carbocycles. The van der Waals surface area contributed by atoms with E-state index >= 15 is 0 Å². The summed E-state index contributed by atoms with van der Waals surface area (Å²) in [5.41, 5.74) is 1.49. The first-order valence-corrected chi connectivity index (χ1v) is 4.87. The smallest absolute Gasteiger partial charge is 0.0571 e. The molecule has 1 aromatic carbocycles. The van der Waals surface area contributed by atoms with E-state index in [0.717, 1.165) is 6.42 Å². The Morgan fingerprint density at radius 2 is 2.00 bits per heavy atom. The van der Waals surface area contributed by atoms with Gasteiger partial charge in [-0.05, 0) is 24.8 Å². The molecule has 1 heteroatoms. The van der Waals surface area contributed by atoms with Crippen molar-refractivity contribution < 1.29 is 5.11 Å². The molecule has 1 saturated carbocycles. The predicted octanol–water partition coefficient (Wildman–Crippen LogP) is 2.56. The highest BCUT2D eigenvalue weighted by atomic mass is 16.3. The van der Waals surface area contributed by atoms with Gasteiger partial charge in [-0.15, -0.1) is 0 Å². The van der Waals surface area contributed by atoms with E-state index in [4.69, 9.17) is 0 Å². The van der Waals surface area contributed by atoms with Crippen LogP contribution in [0.15, 0.2) is 30.3 Å². The van der Waals surface area contributed by atoms with E-state index in [0.29, 0.717) is 5.92 Å². The van der Waals surface area contributed by atoms with Gasteiger partial charge in [0.1, 0.15) is 0 Å². The van der Waals surface area contributed by atoms with E-state index < -0.39 is 0 Å². The van der Waals surface area contributed by atoms with Gasteiger partial charge in [0, 0.05) is 5.41 Å². The first kappa shape index (κ1) is 8.76. The monoisotopic (exact) mass is 176 g/mol. The summed E-state index contributed by atoms with van der Waals surface area (Å²) in [4.78, 5) is 0. The zero-order chi connectivity index (χ0) is 9.47. The van der Waals surface area contributed by atoms with E-state index in [1.807, 2.05) is 13.0 Å². The Labute approximate surface area is 79.4 Å². The fourth-order valence-electron chi connectivity index (χ4n) is 2.03. The summed E-state index contributed by atoms with van der Waals surface area (Å²) in [6.07, 6.45) is 0.923. The van der Waals surface area contributed by atoms with Gasteiger partial charge in [-0.1, -0.05) is 37.3 Å². The van der Waals surface area contributed by atoms with Crippen molar-refractivity contribution in [3.63, 3.8) is 0 Å². The highest BCUT2D eigenvalue weighted by Crippen LogP contribution is 2.60. The van der Waals surface area contributed by atoms with Crippen LogP contribution in [0, 0.1) is 5.41 Å². The maximum absolute atomic E-state index is 9.58. The molecule has 1 N–H and O–H groups in total. The van der Waals surface area contributed by atoms with Crippen molar-refractivity contribution in [1.29, 1.82) is 0 Å². The molecule has 0 heterocycles. The van der Waals surface area contributed by atoms with Crippen molar-refractivity contribution in [2.45, 2.75) is 32.3 Å². The molecule has 0 unspecified atom stereocenters. The van der Waals surface area contributed by atoms with Crippen LogP contribution in [0.5, 0.6) is 0 Å². The van der Waals surface area contributed by atoms with Crippen LogP contribution in [0.2, 0.25) is 0 Å². The van der Waals surface area contributed by atoms with Gasteiger partial charge < -0.3 is 5.11 Å². The largest absolute Gasteiger partial charge is 0.393 e. The molecule has 1 aromatic rings. The number of hydrogen-bond donors (Lipinski definition) is 1. The van der Waals surface area contributed by atoms with Crippen LogP contribution in [0.1, 0.15) is 31.7 Å². The molecule has 13 heavy (non-hydrogen) atoms. The summed E-state index contributed by atoms with van der Waals surface area (Å²) in [6, 6.07) is 10.5. The van der Waals surface area contributed by atoms with Gasteiger partial charge in [-0.2, -0.15) is 0 Å². The summed E-state index contributed by atoms with van der Waals surface area (Å²) in [7, 11) is 0. The van der Waals surface area contributed by atoms with E-state index in [1.54, 1.807) is 0 Å². The summed E-state index contributed by atoms with van der Waals surface area (Å²) in [5.74, 6) is 0.564. The average molecular weight is 176 g/mol. The van der Waals surface area contributed by atoms with Crippen molar-refractivity contribution in [1.82, 2.24) is 0 Å². The molecule has 1 fully saturated rings. The van der Waals surface area contributed by atoms with Gasteiger partial charge in [0.15, 0.2) is 0 Å². The predicted molar refractivity (Wildman–Crippen MR) is 53.6 cm³/mol. The van der Waals surface area contributed by atoms with Crippen LogP contribution in [-0.4, -0.2) is 11.2 Å². The van der Waals surface area contributed by atoms with Crippen LogP contribution >= 0.6 is 0 Å². The molecule has 3 atom stereocenters. The maximum atomic E-state index is 9.58. The highest BCUT2D eigenvalue weighted by Gasteiger charge is 2.53. The maximum Gasteiger partial charge on any atom is 0.0571 e. The van der Waals surface area contributed by atoms with Crippen molar-refractivity contribution in [3.05, 3.63) is 35.9 Å². The molecule has 0 aromatic heterocycles. The molecule has 0 spiro atoms. The standard InChI is InChI=1S/C12H16O/c1-9(13)12(2)8-11(12)10-6-4-3-5-7-10/h3-7,9,11,13H,8H2,1-2H3/t9-,11+,12+/m0/s1. The van der Waals surface area contributed by atoms with Crippen molar-refractivity contribution in [2.24, 2.45) is 5.41 Å². The van der Waals surface area contributed by atoms with Crippen LogP contribution in [0.25, 0.3) is 0 Å². The second-order valence-electron chi connectivity index (χ2n) is 4.35. The Morgan fingerprint density at radius 3 is 2.46 bits per heavy atom. The molecule has 1 aliphatic rings. The van der Waals surface area contributed by atoms with E-state index in [2.05, 4.69) is 31.2 Å². The third-order valence-corrected chi connectivity index (χ3v) is 3.44. The quantitative estimate of drug-likeness (QED) is 0.734. The Bertz CT molecular complexity index is 291. The summed E-state index contributed by atoms with van der Waals surface area (Å²) in [6.45, 7) is 4.05. The number of aliphatic hydroxyl groups is 1. The van der Waals surface area contributed by atoms with Crippen LogP contribution in [0.3, 0.4) is 0 Å². The molecule has 70 valence electrons. The fraction of sp³-hybridized carbons (Fsp3) is 0.500. The molecule has 0 bridgehead atoms. The zero-order valence-electron chi connectivity index (χ0n) is 8.20. The Balaban J connectivity index is 2.16. The number of aliphatic hydroxyl groups excluding tert-OH is 1. The molecule has 0 saturated heterocycles. The van der Waals surface area contributed by atoms with E-state index in [-0.39, 0.29) is 11.5 Å². The molecule has 0 aliphatic heterocycles. The molecule has 1 nitrogen and oxygen atoms in total. The minimum atomic E-state index is -0.197. The van der Waals surface area contributed by atoms with Crippen molar-refractivity contribution in [2.75, 3.05) is 0 Å². The fourth-order valence-corrected chi connectivity index (χ4v) is 2.03. The molecule has 2 rings (SSSR count). The second-order valence-corrected chi connectivity index (χ2v) is 4.35. The Morgan fingerprint density at radius 1 is 1.38 bits per heavy atom. The van der Waals surface area contributed by atoms with Crippen molar-refractivity contribution in [3.8, 4) is 0 Å². The minimum absolute atomic E-state index is 0.126. The molecular formula is C12H16O. The minimum Gasteiger partial charge on any atom is -0.393 e. The number of rotatable bonds is 2. The van der Waals surface area contributed by atoms with Gasteiger partial charge in [0.05, 0.1) is 6.10 Å². The van der Waals surface area contributed by atoms with Gasteiger partial charge in [-0.3, -0.25) is 0 Å². The number of hydrogen-bond acceptors (Lipinski definition) is 1. The van der Waals surface area contributed by atoms with Gasteiger partial charge in [0.25, 0.3) is 0 Å². The van der Waals surface area contributed by atoms with Crippen LogP contribution in [-0.2, 0) is 0 Å². The Hall–Kier alpha value is -0.820. The lowest BCUT2D eigenvalue weighted by atomic mass is 9.96. The lowest BCUT2D eigenvalue weighted by Crippen LogP contribution is -2.15. The normalized spacial score (nSPS) is 34.2. The average Bonchev–Trinajstić information content (AvgIpc) is 2.81. The van der Waals surface area contributed by atoms with Crippen molar-refractivity contribution >= 4 is 0 Å². The highest BCUT2D eigenvalue weighted by molar-refractivity contribution is 5.29. The zero-order valence-corrected chi connectivity index (χ0v) is 8.20. The third kappa shape index (κ3) is 1.37. The van der Waals surface area contributed by atoms with Crippen LogP contribution < -0.4 is 0 Å². The number of benzene rings is 1. The molecule has 0 radical (unpaired) electrons. The van der Waals surface area contributed by atoms with Gasteiger partial charge in [-0.25, -0.2) is 0 Å². The lowest BCUT2D eigenvalue weighted by molar-refractivity contribution is 0.117. The second kappa shape index (κ2) is 2.85. The van der Waals surface area contributed by atoms with Crippen LogP contribution in [0.4, 0.5) is 0 Å². The third-order valence-electron chi connectivity index (χ3n) is 3.44. The van der Waals surface area contributed by atoms with E-state index in [1.165, 1.54) is 5.56 Å². The van der Waals surface area contributed by atoms with Gasteiger partial charge in [0.2, 0.25) is 0 Å². The molecule has 0 amide bonds. The summed E-state index contributed by atoms with van der Waals surface area (Å²) >= 11 is 0. The van der Waals surface area contributed by atoms with E-state index in [9.17, 15) is 5.11 Å². The topological polar surface area (TPSA) is 20.2 Å². The lowest BCUT2D eigenvalue weighted by Gasteiger charge is -2.14.